The highest BCUT2D eigenvalue weighted by molar-refractivity contribution is 5.66. The van der Waals surface area contributed by atoms with Gasteiger partial charge in [0.2, 0.25) is 0 Å². The molecule has 90 valence electrons. The van der Waals surface area contributed by atoms with Crippen LogP contribution >= 0.6 is 0 Å². The smallest absolute Gasteiger partial charge is 0.407 e. The van der Waals surface area contributed by atoms with Gasteiger partial charge in [-0.1, -0.05) is 30.3 Å². The van der Waals surface area contributed by atoms with Crippen molar-refractivity contribution in [2.24, 2.45) is 11.8 Å². The van der Waals surface area contributed by atoms with Gasteiger partial charge in [0.1, 0.15) is 0 Å². The summed E-state index contributed by atoms with van der Waals surface area (Å²) in [6, 6.07) is 10.0. The third-order valence-corrected chi connectivity index (χ3v) is 3.85. The highest BCUT2D eigenvalue weighted by Gasteiger charge is 2.57. The van der Waals surface area contributed by atoms with E-state index in [1.54, 1.807) is 4.90 Å². The standard InChI is InChI=1S/C13H16N2O2/c16-13(17)15(8-9-4-2-1-3-5-9)12-10-6-14-7-11(10)12/h1-5,10-12,14H,6-8H2,(H,16,17). The van der Waals surface area contributed by atoms with Crippen molar-refractivity contribution in [1.29, 1.82) is 0 Å². The van der Waals surface area contributed by atoms with Crippen LogP contribution in [0.1, 0.15) is 5.56 Å². The van der Waals surface area contributed by atoms with Crippen molar-refractivity contribution in [3.8, 4) is 0 Å². The van der Waals surface area contributed by atoms with E-state index in [0.29, 0.717) is 18.4 Å². The second-order valence-corrected chi connectivity index (χ2v) is 4.87. The summed E-state index contributed by atoms with van der Waals surface area (Å²) in [4.78, 5) is 12.9. The van der Waals surface area contributed by atoms with Gasteiger partial charge in [-0.2, -0.15) is 0 Å². The maximum absolute atomic E-state index is 11.3. The van der Waals surface area contributed by atoms with E-state index in [9.17, 15) is 9.90 Å². The number of benzene rings is 1. The molecule has 4 nitrogen and oxygen atoms in total. The molecule has 17 heavy (non-hydrogen) atoms. The van der Waals surface area contributed by atoms with E-state index < -0.39 is 6.09 Å². The average Bonchev–Trinajstić information content (AvgIpc) is 2.80. The van der Waals surface area contributed by atoms with Crippen LogP contribution < -0.4 is 5.32 Å². The number of amides is 1. The Kier molecular flexibility index (Phi) is 2.52. The highest BCUT2D eigenvalue weighted by Crippen LogP contribution is 2.46. The first-order valence-electron chi connectivity index (χ1n) is 6.01. The Labute approximate surface area is 100 Å². The fourth-order valence-electron chi connectivity index (χ4n) is 2.93. The minimum absolute atomic E-state index is 0.231. The van der Waals surface area contributed by atoms with E-state index >= 15 is 0 Å². The number of nitrogens with zero attached hydrogens (tertiary/aromatic N) is 1. The molecule has 0 bridgehead atoms. The number of rotatable bonds is 3. The van der Waals surface area contributed by atoms with Crippen LogP contribution in [0.4, 0.5) is 4.79 Å². The van der Waals surface area contributed by atoms with Crippen molar-refractivity contribution >= 4 is 6.09 Å². The van der Waals surface area contributed by atoms with Crippen LogP contribution in [0.5, 0.6) is 0 Å². The van der Waals surface area contributed by atoms with Gasteiger partial charge in [0.05, 0.1) is 0 Å². The predicted molar refractivity (Wildman–Crippen MR) is 63.6 cm³/mol. The number of nitrogens with one attached hydrogen (secondary N) is 1. The fourth-order valence-corrected chi connectivity index (χ4v) is 2.93. The van der Waals surface area contributed by atoms with Crippen molar-refractivity contribution in [2.45, 2.75) is 12.6 Å². The Morgan fingerprint density at radius 2 is 1.94 bits per heavy atom. The van der Waals surface area contributed by atoms with Crippen LogP contribution in [0.25, 0.3) is 0 Å². The van der Waals surface area contributed by atoms with Crippen molar-refractivity contribution < 1.29 is 9.90 Å². The number of carboxylic acid groups (broad SMARTS) is 1. The summed E-state index contributed by atoms with van der Waals surface area (Å²) in [5.74, 6) is 1.07. The van der Waals surface area contributed by atoms with E-state index in [1.165, 1.54) is 0 Å². The minimum Gasteiger partial charge on any atom is -0.465 e. The van der Waals surface area contributed by atoms with Gasteiger partial charge in [-0.3, -0.25) is 0 Å². The van der Waals surface area contributed by atoms with Crippen molar-refractivity contribution in [1.82, 2.24) is 10.2 Å². The second kappa shape index (κ2) is 4.04. The summed E-state index contributed by atoms with van der Waals surface area (Å²) >= 11 is 0. The number of piperidine rings is 1. The molecule has 1 aromatic carbocycles. The van der Waals surface area contributed by atoms with Crippen LogP contribution in [0, 0.1) is 11.8 Å². The van der Waals surface area contributed by atoms with Gasteiger partial charge < -0.3 is 15.3 Å². The first kappa shape index (κ1) is 10.6. The van der Waals surface area contributed by atoms with Gasteiger partial charge in [0.25, 0.3) is 0 Å². The van der Waals surface area contributed by atoms with Crippen LogP contribution in [-0.2, 0) is 6.54 Å². The number of hydrogen-bond acceptors (Lipinski definition) is 2. The zero-order chi connectivity index (χ0) is 11.8. The maximum atomic E-state index is 11.3. The van der Waals surface area contributed by atoms with Crippen LogP contribution in [0.2, 0.25) is 0 Å². The van der Waals surface area contributed by atoms with Crippen LogP contribution in [-0.4, -0.2) is 35.2 Å². The molecule has 0 aromatic heterocycles. The molecule has 1 heterocycles. The molecular weight excluding hydrogens is 216 g/mol. The summed E-state index contributed by atoms with van der Waals surface area (Å²) in [6.07, 6.45) is -0.798. The predicted octanol–water partition coefficient (Wildman–Crippen LogP) is 1.38. The normalized spacial score (nSPS) is 29.8. The van der Waals surface area contributed by atoms with E-state index in [1.807, 2.05) is 30.3 Å². The monoisotopic (exact) mass is 232 g/mol. The van der Waals surface area contributed by atoms with E-state index in [4.69, 9.17) is 0 Å². The Bertz CT molecular complexity index is 411. The molecule has 1 aliphatic carbocycles. The Morgan fingerprint density at radius 3 is 2.53 bits per heavy atom. The third kappa shape index (κ3) is 1.89. The topological polar surface area (TPSA) is 52.6 Å². The van der Waals surface area contributed by atoms with Gasteiger partial charge in [-0.05, 0) is 17.4 Å². The zero-order valence-corrected chi connectivity index (χ0v) is 9.54. The average molecular weight is 232 g/mol. The molecule has 3 rings (SSSR count). The molecular formula is C13H16N2O2. The van der Waals surface area contributed by atoms with Gasteiger partial charge in [-0.25, -0.2) is 4.79 Å². The van der Waals surface area contributed by atoms with Gasteiger partial charge in [0.15, 0.2) is 0 Å². The van der Waals surface area contributed by atoms with Gasteiger partial charge in [-0.15, -0.1) is 0 Å². The van der Waals surface area contributed by atoms with Crippen LogP contribution in [0.15, 0.2) is 30.3 Å². The molecule has 2 fully saturated rings. The first-order valence-corrected chi connectivity index (χ1v) is 6.01. The minimum atomic E-state index is -0.798. The first-order chi connectivity index (χ1) is 8.27. The van der Waals surface area contributed by atoms with Crippen molar-refractivity contribution in [3.05, 3.63) is 35.9 Å². The molecule has 1 saturated heterocycles. The summed E-state index contributed by atoms with van der Waals surface area (Å²) in [7, 11) is 0. The van der Waals surface area contributed by atoms with Crippen molar-refractivity contribution in [2.75, 3.05) is 13.1 Å². The van der Waals surface area contributed by atoms with Gasteiger partial charge in [0, 0.05) is 25.7 Å². The molecule has 1 saturated carbocycles. The lowest BCUT2D eigenvalue weighted by molar-refractivity contribution is 0.133. The Hall–Kier alpha value is -1.55. The fraction of sp³-hybridized carbons (Fsp3) is 0.462. The second-order valence-electron chi connectivity index (χ2n) is 4.87. The highest BCUT2D eigenvalue weighted by atomic mass is 16.4. The maximum Gasteiger partial charge on any atom is 0.407 e. The zero-order valence-electron chi connectivity index (χ0n) is 9.54. The van der Waals surface area contributed by atoms with E-state index in [-0.39, 0.29) is 6.04 Å². The van der Waals surface area contributed by atoms with Crippen molar-refractivity contribution in [3.63, 3.8) is 0 Å². The summed E-state index contributed by atoms with van der Waals surface area (Å²) in [5.41, 5.74) is 1.06. The van der Waals surface area contributed by atoms with Gasteiger partial charge >= 0.3 is 6.09 Å². The molecule has 0 spiro atoms. The number of hydrogen-bond donors (Lipinski definition) is 2. The molecule has 1 amide bonds. The van der Waals surface area contributed by atoms with E-state index in [0.717, 1.165) is 18.7 Å². The lowest BCUT2D eigenvalue weighted by atomic mass is 10.2. The lowest BCUT2D eigenvalue weighted by Gasteiger charge is -2.21. The number of carbonyl (C=O) groups is 1. The lowest BCUT2D eigenvalue weighted by Crippen LogP contribution is -2.36. The van der Waals surface area contributed by atoms with E-state index in [2.05, 4.69) is 5.32 Å². The quantitative estimate of drug-likeness (QED) is 0.828. The largest absolute Gasteiger partial charge is 0.465 e. The molecule has 1 aromatic rings. The molecule has 0 radical (unpaired) electrons. The molecule has 2 unspecified atom stereocenters. The number of fused-ring (bicyclic) bond motifs is 1. The Balaban J connectivity index is 1.72. The Morgan fingerprint density at radius 1 is 1.29 bits per heavy atom. The molecule has 2 aliphatic rings. The molecule has 2 N–H and O–H groups in total. The molecule has 1 aliphatic heterocycles. The summed E-state index contributed by atoms with van der Waals surface area (Å²) in [6.45, 7) is 2.44. The SMILES string of the molecule is O=C(O)N(Cc1ccccc1)C1C2CNCC21. The molecule has 4 heteroatoms. The third-order valence-electron chi connectivity index (χ3n) is 3.85. The summed E-state index contributed by atoms with van der Waals surface area (Å²) in [5, 5.41) is 12.6. The molecule has 2 atom stereocenters. The summed E-state index contributed by atoms with van der Waals surface area (Å²) < 4.78 is 0. The van der Waals surface area contributed by atoms with Crippen LogP contribution in [0.3, 0.4) is 0 Å².